The number of Topliss-reactive ketones (excluding diaryl/α,β-unsaturated/α-hetero) is 2. The maximum absolute atomic E-state index is 13.8. The number of rotatable bonds is 8. The Morgan fingerprint density at radius 3 is 2.27 bits per heavy atom. The second-order valence-corrected chi connectivity index (χ2v) is 4.51. The summed E-state index contributed by atoms with van der Waals surface area (Å²) >= 11 is 0. The highest BCUT2D eigenvalue weighted by atomic mass is 19.1. The smallest absolute Gasteiger partial charge is 0.296 e. The van der Waals surface area contributed by atoms with Gasteiger partial charge in [-0.1, -0.05) is 13.3 Å². The Hall–Kier alpha value is -2.71. The molecule has 0 aliphatic carbocycles. The normalized spacial score (nSPS) is 11.7. The Labute approximate surface area is 124 Å². The number of nitro groups is 2. The third-order valence-corrected chi connectivity index (χ3v) is 2.94. The fraction of sp³-hybridized carbons (Fsp3) is 0.385. The minimum absolute atomic E-state index is 0.113. The van der Waals surface area contributed by atoms with Crippen LogP contribution in [0.2, 0.25) is 0 Å². The lowest BCUT2D eigenvalue weighted by atomic mass is 10.0. The zero-order valence-electron chi connectivity index (χ0n) is 11.7. The van der Waals surface area contributed by atoms with Crippen molar-refractivity contribution in [1.29, 1.82) is 0 Å². The molecule has 1 rings (SSSR count). The van der Waals surface area contributed by atoms with Crippen molar-refractivity contribution in [2.75, 3.05) is 0 Å². The Morgan fingerprint density at radius 2 is 1.77 bits per heavy atom. The van der Waals surface area contributed by atoms with Crippen LogP contribution in [0.1, 0.15) is 36.5 Å². The first-order chi connectivity index (χ1) is 10.3. The van der Waals surface area contributed by atoms with Crippen molar-refractivity contribution in [2.45, 2.75) is 32.4 Å². The molecule has 0 aromatic heterocycles. The van der Waals surface area contributed by atoms with Crippen molar-refractivity contribution in [3.8, 4) is 0 Å². The number of unbranched alkanes of at least 4 members (excludes halogenated alkanes) is 1. The molecule has 1 atom stereocenters. The molecular weight excluding hydrogens is 299 g/mol. The fourth-order valence-corrected chi connectivity index (χ4v) is 1.75. The molecule has 0 amide bonds. The number of benzene rings is 1. The molecule has 0 aliphatic rings. The third kappa shape index (κ3) is 3.90. The van der Waals surface area contributed by atoms with Crippen LogP contribution in [0.15, 0.2) is 18.2 Å². The first kappa shape index (κ1) is 17.3. The van der Waals surface area contributed by atoms with Crippen LogP contribution in [-0.4, -0.2) is 27.6 Å². The summed E-state index contributed by atoms with van der Waals surface area (Å²) in [6.45, 7) is 1.79. The molecule has 0 aliphatic heterocycles. The molecule has 22 heavy (non-hydrogen) atoms. The molecule has 0 saturated heterocycles. The highest BCUT2D eigenvalue weighted by Gasteiger charge is 2.30. The lowest BCUT2D eigenvalue weighted by molar-refractivity contribution is -0.422. The summed E-state index contributed by atoms with van der Waals surface area (Å²) < 4.78 is 13.8. The number of carbonyl (C=O) groups excluding carboxylic acids is 2. The van der Waals surface area contributed by atoms with E-state index in [2.05, 4.69) is 0 Å². The number of nitrogens with zero attached hydrogens (tertiary/aromatic N) is 2. The predicted octanol–water partition coefficient (Wildman–Crippen LogP) is 2.78. The molecule has 0 saturated carbocycles. The van der Waals surface area contributed by atoms with Crippen LogP contribution in [0, 0.1) is 20.2 Å². The summed E-state index contributed by atoms with van der Waals surface area (Å²) in [4.78, 5) is 42.7. The van der Waals surface area contributed by atoms with Crippen molar-refractivity contribution < 1.29 is 23.8 Å². The minimum atomic E-state index is -2.42. The number of carbonyl (C=O) groups is 2. The number of hydrogen-bond donors (Lipinski definition) is 0. The van der Waals surface area contributed by atoms with Gasteiger partial charge in [0.05, 0.1) is 9.85 Å². The molecule has 1 aromatic carbocycles. The van der Waals surface area contributed by atoms with E-state index in [1.165, 1.54) is 0 Å². The fourth-order valence-electron chi connectivity index (χ4n) is 1.75. The van der Waals surface area contributed by atoms with Gasteiger partial charge in [-0.25, -0.2) is 4.39 Å². The van der Waals surface area contributed by atoms with Crippen LogP contribution in [-0.2, 0) is 4.79 Å². The van der Waals surface area contributed by atoms with Gasteiger partial charge in [0.1, 0.15) is 0 Å². The molecule has 0 radical (unpaired) electrons. The number of halogens is 1. The van der Waals surface area contributed by atoms with Gasteiger partial charge in [-0.3, -0.25) is 29.8 Å². The van der Waals surface area contributed by atoms with Gasteiger partial charge in [-0.15, -0.1) is 0 Å². The molecule has 1 unspecified atom stereocenters. The Bertz CT molecular complexity index is 631. The lowest BCUT2D eigenvalue weighted by Crippen LogP contribution is -2.25. The van der Waals surface area contributed by atoms with Gasteiger partial charge < -0.3 is 0 Å². The van der Waals surface area contributed by atoms with E-state index in [9.17, 15) is 34.2 Å². The summed E-state index contributed by atoms with van der Waals surface area (Å²) in [6, 6.07) is 2.25. The van der Waals surface area contributed by atoms with Gasteiger partial charge >= 0.3 is 11.4 Å². The standard InChI is InChI=1S/C13H13FN2O6/c1-2-3-4-11(17)12(14)13(18)8-5-6-9(15(19)20)10(7-8)16(21)22/h5-7,12H,2-4H2,1H3. The van der Waals surface area contributed by atoms with E-state index in [4.69, 9.17) is 0 Å². The average molecular weight is 312 g/mol. The molecule has 0 bridgehead atoms. The van der Waals surface area contributed by atoms with Crippen molar-refractivity contribution in [3.63, 3.8) is 0 Å². The van der Waals surface area contributed by atoms with Crippen LogP contribution in [0.4, 0.5) is 15.8 Å². The predicted molar refractivity (Wildman–Crippen MR) is 73.5 cm³/mol. The molecular formula is C13H13FN2O6. The maximum Gasteiger partial charge on any atom is 0.346 e. The zero-order chi connectivity index (χ0) is 16.9. The molecule has 9 heteroatoms. The maximum atomic E-state index is 13.8. The Balaban J connectivity index is 3.09. The van der Waals surface area contributed by atoms with Gasteiger partial charge in [0.2, 0.25) is 12.0 Å². The molecule has 0 spiro atoms. The zero-order valence-corrected chi connectivity index (χ0v) is 11.7. The second kappa shape index (κ2) is 7.34. The first-order valence-electron chi connectivity index (χ1n) is 6.43. The summed E-state index contributed by atoms with van der Waals surface area (Å²) in [5.41, 5.74) is -2.19. The summed E-state index contributed by atoms with van der Waals surface area (Å²) in [6.07, 6.45) is -1.46. The van der Waals surface area contributed by atoms with Crippen LogP contribution < -0.4 is 0 Å². The largest absolute Gasteiger partial charge is 0.346 e. The monoisotopic (exact) mass is 312 g/mol. The Kier molecular flexibility index (Phi) is 5.79. The summed E-state index contributed by atoms with van der Waals surface area (Å²) in [5.74, 6) is -2.15. The van der Waals surface area contributed by atoms with E-state index in [0.717, 1.165) is 12.1 Å². The molecule has 1 aromatic rings. The molecule has 118 valence electrons. The SMILES string of the molecule is CCCCC(=O)C(F)C(=O)c1ccc([N+](=O)[O-])c([N+](=O)[O-])c1. The van der Waals surface area contributed by atoms with E-state index in [0.29, 0.717) is 18.9 Å². The number of ketones is 2. The summed E-state index contributed by atoms with van der Waals surface area (Å²) in [7, 11) is 0. The molecule has 0 heterocycles. The Morgan fingerprint density at radius 1 is 1.18 bits per heavy atom. The van der Waals surface area contributed by atoms with Gasteiger partial charge in [0.15, 0.2) is 5.78 Å². The van der Waals surface area contributed by atoms with Crippen LogP contribution in [0.25, 0.3) is 0 Å². The van der Waals surface area contributed by atoms with Gasteiger partial charge in [-0.2, -0.15) is 0 Å². The number of alkyl halides is 1. The van der Waals surface area contributed by atoms with E-state index in [-0.39, 0.29) is 6.42 Å². The van der Waals surface area contributed by atoms with Crippen LogP contribution in [0.5, 0.6) is 0 Å². The van der Waals surface area contributed by atoms with Crippen molar-refractivity contribution in [2.24, 2.45) is 0 Å². The topological polar surface area (TPSA) is 120 Å². The molecule has 8 nitrogen and oxygen atoms in total. The van der Waals surface area contributed by atoms with Crippen LogP contribution in [0.3, 0.4) is 0 Å². The van der Waals surface area contributed by atoms with Crippen molar-refractivity contribution in [1.82, 2.24) is 0 Å². The number of nitro benzene ring substituents is 2. The molecule has 0 fully saturated rings. The van der Waals surface area contributed by atoms with E-state index >= 15 is 0 Å². The highest BCUT2D eigenvalue weighted by molar-refractivity contribution is 6.13. The molecule has 0 N–H and O–H groups in total. The van der Waals surface area contributed by atoms with Gasteiger partial charge in [-0.05, 0) is 12.5 Å². The van der Waals surface area contributed by atoms with Crippen LogP contribution >= 0.6 is 0 Å². The van der Waals surface area contributed by atoms with Gasteiger partial charge in [0.25, 0.3) is 0 Å². The lowest BCUT2D eigenvalue weighted by Gasteiger charge is -2.06. The quantitative estimate of drug-likeness (QED) is 0.315. The summed E-state index contributed by atoms with van der Waals surface area (Å²) in [5, 5.41) is 21.4. The third-order valence-electron chi connectivity index (χ3n) is 2.94. The first-order valence-corrected chi connectivity index (χ1v) is 6.43. The average Bonchev–Trinajstić information content (AvgIpc) is 2.50. The van der Waals surface area contributed by atoms with E-state index < -0.39 is 44.5 Å². The second-order valence-electron chi connectivity index (χ2n) is 4.51. The number of hydrogen-bond acceptors (Lipinski definition) is 6. The van der Waals surface area contributed by atoms with E-state index in [1.54, 1.807) is 6.92 Å². The van der Waals surface area contributed by atoms with Gasteiger partial charge in [0, 0.05) is 24.1 Å². The van der Waals surface area contributed by atoms with E-state index in [1.807, 2.05) is 0 Å². The minimum Gasteiger partial charge on any atom is -0.296 e. The highest BCUT2D eigenvalue weighted by Crippen LogP contribution is 2.28. The van der Waals surface area contributed by atoms with Crippen molar-refractivity contribution >= 4 is 22.9 Å². The van der Waals surface area contributed by atoms with Crippen molar-refractivity contribution in [3.05, 3.63) is 44.0 Å².